The van der Waals surface area contributed by atoms with Crippen molar-refractivity contribution < 1.29 is 9.18 Å². The number of anilines is 2. The summed E-state index contributed by atoms with van der Waals surface area (Å²) in [4.78, 5) is 16.2. The van der Waals surface area contributed by atoms with Crippen LogP contribution in [-0.2, 0) is 0 Å². The lowest BCUT2D eigenvalue weighted by Crippen LogP contribution is -2.62. The fraction of sp³-hybridized carbons (Fsp3) is 0.278. The number of amides is 2. The summed E-state index contributed by atoms with van der Waals surface area (Å²) in [5.74, 6) is -0.312. The molecule has 2 aromatic rings. The van der Waals surface area contributed by atoms with Gasteiger partial charge in [0.05, 0.1) is 6.04 Å². The van der Waals surface area contributed by atoms with Crippen LogP contribution in [0.5, 0.6) is 0 Å². The average Bonchev–Trinajstić information content (AvgIpc) is 2.53. The third-order valence-electron chi connectivity index (χ3n) is 4.11. The van der Waals surface area contributed by atoms with Crippen LogP contribution in [0.1, 0.15) is 6.92 Å². The SMILES string of the molecule is CCN(c1ccccc1)C1CN(C(=O)Nc2ccc(F)cc2)C1. The Balaban J connectivity index is 1.55. The van der Waals surface area contributed by atoms with E-state index in [1.807, 2.05) is 18.2 Å². The lowest BCUT2D eigenvalue weighted by molar-refractivity contribution is 0.161. The quantitative estimate of drug-likeness (QED) is 0.936. The minimum Gasteiger partial charge on any atom is -0.365 e. The average molecular weight is 313 g/mol. The fourth-order valence-electron chi connectivity index (χ4n) is 2.83. The molecule has 2 aromatic carbocycles. The van der Waals surface area contributed by atoms with Gasteiger partial charge < -0.3 is 15.1 Å². The Hall–Kier alpha value is -2.56. The van der Waals surface area contributed by atoms with Crippen molar-refractivity contribution in [3.8, 4) is 0 Å². The van der Waals surface area contributed by atoms with E-state index in [4.69, 9.17) is 0 Å². The zero-order chi connectivity index (χ0) is 16.2. The predicted molar refractivity (Wildman–Crippen MR) is 90.2 cm³/mol. The first-order valence-corrected chi connectivity index (χ1v) is 7.80. The highest BCUT2D eigenvalue weighted by molar-refractivity contribution is 5.90. The number of likely N-dealkylation sites (tertiary alicyclic amines) is 1. The Bertz CT molecular complexity index is 654. The van der Waals surface area contributed by atoms with E-state index in [9.17, 15) is 9.18 Å². The number of halogens is 1. The fourth-order valence-corrected chi connectivity index (χ4v) is 2.83. The van der Waals surface area contributed by atoms with Crippen LogP contribution in [0.3, 0.4) is 0 Å². The van der Waals surface area contributed by atoms with Crippen LogP contribution in [-0.4, -0.2) is 36.6 Å². The summed E-state index contributed by atoms with van der Waals surface area (Å²) in [6, 6.07) is 16.2. The van der Waals surface area contributed by atoms with Crippen LogP contribution in [0, 0.1) is 5.82 Å². The number of likely N-dealkylation sites (N-methyl/N-ethyl adjacent to an activating group) is 1. The van der Waals surface area contributed by atoms with E-state index in [2.05, 4.69) is 29.3 Å². The van der Waals surface area contributed by atoms with Crippen LogP contribution in [0.2, 0.25) is 0 Å². The summed E-state index contributed by atoms with van der Waals surface area (Å²) in [5, 5.41) is 2.79. The van der Waals surface area contributed by atoms with E-state index >= 15 is 0 Å². The van der Waals surface area contributed by atoms with Gasteiger partial charge in [0, 0.05) is 31.0 Å². The second-order valence-corrected chi connectivity index (χ2v) is 5.62. The van der Waals surface area contributed by atoms with Crippen molar-refractivity contribution in [1.29, 1.82) is 0 Å². The van der Waals surface area contributed by atoms with Gasteiger partial charge >= 0.3 is 6.03 Å². The predicted octanol–water partition coefficient (Wildman–Crippen LogP) is 3.57. The standard InChI is InChI=1S/C18H20FN3O/c1-2-22(16-6-4-3-5-7-16)17-12-21(13-17)18(23)20-15-10-8-14(19)9-11-15/h3-11,17H,2,12-13H2,1H3,(H,20,23). The third kappa shape index (κ3) is 3.44. The molecule has 0 aliphatic carbocycles. The molecule has 1 saturated heterocycles. The summed E-state index contributed by atoms with van der Waals surface area (Å²) < 4.78 is 12.9. The van der Waals surface area contributed by atoms with E-state index in [-0.39, 0.29) is 11.8 Å². The Morgan fingerprint density at radius 3 is 2.43 bits per heavy atom. The van der Waals surface area contributed by atoms with Gasteiger partial charge in [0.25, 0.3) is 0 Å². The normalized spacial score (nSPS) is 14.3. The molecule has 0 saturated carbocycles. The van der Waals surface area contributed by atoms with Crippen LogP contribution >= 0.6 is 0 Å². The van der Waals surface area contributed by atoms with Gasteiger partial charge in [0.1, 0.15) is 5.82 Å². The maximum Gasteiger partial charge on any atom is 0.321 e. The largest absolute Gasteiger partial charge is 0.365 e. The van der Waals surface area contributed by atoms with Gasteiger partial charge in [0.2, 0.25) is 0 Å². The van der Waals surface area contributed by atoms with Crippen molar-refractivity contribution >= 4 is 17.4 Å². The molecular weight excluding hydrogens is 293 g/mol. The summed E-state index contributed by atoms with van der Waals surface area (Å²) >= 11 is 0. The van der Waals surface area contributed by atoms with Crippen molar-refractivity contribution in [3.05, 3.63) is 60.4 Å². The lowest BCUT2D eigenvalue weighted by atomic mass is 10.1. The number of urea groups is 1. The first-order chi connectivity index (χ1) is 11.2. The molecule has 0 aromatic heterocycles. The summed E-state index contributed by atoms with van der Waals surface area (Å²) in [5.41, 5.74) is 1.79. The van der Waals surface area contributed by atoms with E-state index in [1.54, 1.807) is 17.0 Å². The van der Waals surface area contributed by atoms with Crippen LogP contribution < -0.4 is 10.2 Å². The van der Waals surface area contributed by atoms with Gasteiger partial charge in [-0.2, -0.15) is 0 Å². The molecule has 5 heteroatoms. The number of benzene rings is 2. The molecule has 0 atom stereocenters. The number of carbonyl (C=O) groups is 1. The second-order valence-electron chi connectivity index (χ2n) is 5.62. The third-order valence-corrected chi connectivity index (χ3v) is 4.11. The second kappa shape index (κ2) is 6.69. The van der Waals surface area contributed by atoms with Crippen molar-refractivity contribution in [3.63, 3.8) is 0 Å². The molecule has 120 valence electrons. The molecule has 23 heavy (non-hydrogen) atoms. The first-order valence-electron chi connectivity index (χ1n) is 7.80. The minimum atomic E-state index is -0.312. The minimum absolute atomic E-state index is 0.142. The van der Waals surface area contributed by atoms with Crippen LogP contribution in [0.25, 0.3) is 0 Å². The molecule has 0 spiro atoms. The summed E-state index contributed by atoms with van der Waals surface area (Å²) in [6.45, 7) is 4.40. The molecule has 0 bridgehead atoms. The first kappa shape index (κ1) is 15.3. The molecule has 1 N–H and O–H groups in total. The van der Waals surface area contributed by atoms with Gasteiger partial charge in [-0.05, 0) is 43.3 Å². The van der Waals surface area contributed by atoms with Crippen molar-refractivity contribution in [2.24, 2.45) is 0 Å². The number of carbonyl (C=O) groups excluding carboxylic acids is 1. The molecule has 1 fully saturated rings. The highest BCUT2D eigenvalue weighted by atomic mass is 19.1. The van der Waals surface area contributed by atoms with Gasteiger partial charge in [-0.15, -0.1) is 0 Å². The highest BCUT2D eigenvalue weighted by Crippen LogP contribution is 2.23. The van der Waals surface area contributed by atoms with Crippen LogP contribution in [0.15, 0.2) is 54.6 Å². The number of nitrogens with one attached hydrogen (secondary N) is 1. The van der Waals surface area contributed by atoms with E-state index in [0.29, 0.717) is 24.8 Å². The molecule has 1 aliphatic heterocycles. The number of para-hydroxylation sites is 1. The van der Waals surface area contributed by atoms with Crippen molar-refractivity contribution in [2.45, 2.75) is 13.0 Å². The number of nitrogens with zero attached hydrogens (tertiary/aromatic N) is 2. The smallest absolute Gasteiger partial charge is 0.321 e. The van der Waals surface area contributed by atoms with Gasteiger partial charge in [0.15, 0.2) is 0 Å². The molecule has 0 unspecified atom stereocenters. The van der Waals surface area contributed by atoms with E-state index in [1.165, 1.54) is 17.8 Å². The number of rotatable bonds is 4. The van der Waals surface area contributed by atoms with Gasteiger partial charge in [-0.3, -0.25) is 0 Å². The van der Waals surface area contributed by atoms with Crippen molar-refractivity contribution in [2.75, 3.05) is 29.9 Å². The molecular formula is C18H20FN3O. The lowest BCUT2D eigenvalue weighted by Gasteiger charge is -2.46. The molecule has 1 heterocycles. The van der Waals surface area contributed by atoms with Gasteiger partial charge in [-0.25, -0.2) is 9.18 Å². The van der Waals surface area contributed by atoms with Crippen LogP contribution in [0.4, 0.5) is 20.6 Å². The molecule has 0 radical (unpaired) electrons. The Morgan fingerprint density at radius 2 is 1.83 bits per heavy atom. The zero-order valence-electron chi connectivity index (χ0n) is 13.1. The Kier molecular flexibility index (Phi) is 4.46. The van der Waals surface area contributed by atoms with E-state index in [0.717, 1.165) is 6.54 Å². The zero-order valence-corrected chi connectivity index (χ0v) is 13.1. The summed E-state index contributed by atoms with van der Waals surface area (Å²) in [7, 11) is 0. The Labute approximate surface area is 135 Å². The number of hydrogen-bond donors (Lipinski definition) is 1. The highest BCUT2D eigenvalue weighted by Gasteiger charge is 2.34. The van der Waals surface area contributed by atoms with E-state index < -0.39 is 0 Å². The maximum absolute atomic E-state index is 12.9. The molecule has 4 nitrogen and oxygen atoms in total. The maximum atomic E-state index is 12.9. The van der Waals surface area contributed by atoms with Crippen molar-refractivity contribution in [1.82, 2.24) is 4.90 Å². The Morgan fingerprint density at radius 1 is 1.17 bits per heavy atom. The molecule has 1 aliphatic rings. The monoisotopic (exact) mass is 313 g/mol. The molecule has 3 rings (SSSR count). The van der Waals surface area contributed by atoms with Gasteiger partial charge in [-0.1, -0.05) is 18.2 Å². The summed E-state index contributed by atoms with van der Waals surface area (Å²) in [6.07, 6.45) is 0. The number of hydrogen-bond acceptors (Lipinski definition) is 2. The molecule has 2 amide bonds. The topological polar surface area (TPSA) is 35.6 Å².